The second-order valence-electron chi connectivity index (χ2n) is 2.21. The van der Waals surface area contributed by atoms with E-state index in [0.29, 0.717) is 12.4 Å². The summed E-state index contributed by atoms with van der Waals surface area (Å²) in [6.45, 7) is 0.467. The molecule has 1 aromatic heterocycles. The molecule has 0 aliphatic heterocycles. The Labute approximate surface area is 105 Å². The Morgan fingerprint density at radius 2 is 2.29 bits per heavy atom. The maximum atomic E-state index is 5.61. The third kappa shape index (κ3) is 4.00. The van der Waals surface area contributed by atoms with Crippen LogP contribution in [0.4, 0.5) is 5.82 Å². The van der Waals surface area contributed by atoms with E-state index in [0.717, 1.165) is 4.47 Å². The molecule has 0 aromatic carbocycles. The van der Waals surface area contributed by atoms with Crippen LogP contribution in [0.1, 0.15) is 0 Å². The predicted molar refractivity (Wildman–Crippen MR) is 63.0 cm³/mol. The van der Waals surface area contributed by atoms with E-state index in [1.165, 1.54) is 0 Å². The normalized spacial score (nSPS) is 9.71. The number of aromatic nitrogens is 2. The predicted octanol–water partition coefficient (Wildman–Crippen LogP) is 3.62. The molecule has 0 saturated carbocycles. The number of nitrogens with zero attached hydrogens (tertiary/aromatic N) is 2. The van der Waals surface area contributed by atoms with Gasteiger partial charge in [-0.25, -0.2) is 4.98 Å². The molecule has 1 N–H and O–H groups in total. The Balaban J connectivity index is 2.67. The van der Waals surface area contributed by atoms with Gasteiger partial charge in [0.15, 0.2) is 0 Å². The highest BCUT2D eigenvalue weighted by Crippen LogP contribution is 2.19. The van der Waals surface area contributed by atoms with E-state index in [9.17, 15) is 0 Å². The van der Waals surface area contributed by atoms with Gasteiger partial charge in [0, 0.05) is 12.7 Å². The van der Waals surface area contributed by atoms with E-state index >= 15 is 0 Å². The zero-order valence-electron chi connectivity index (χ0n) is 6.77. The molecular formula is C7H5BrCl3N3. The maximum Gasteiger partial charge on any atom is 0.224 e. The maximum absolute atomic E-state index is 5.61. The lowest BCUT2D eigenvalue weighted by Gasteiger charge is -2.04. The number of hydrogen-bond donors (Lipinski definition) is 1. The van der Waals surface area contributed by atoms with Gasteiger partial charge in [0.1, 0.15) is 10.3 Å². The molecule has 1 aromatic rings. The van der Waals surface area contributed by atoms with E-state index in [1.807, 2.05) is 0 Å². The summed E-state index contributed by atoms with van der Waals surface area (Å²) in [6, 6.07) is 0. The standard InChI is InChI=1S/C7H5BrCl3N3/c8-4-3-13-7(11)14-6(4)12-2-1-5(9)10/h1,3H,2H2,(H,12,13,14). The van der Waals surface area contributed by atoms with Crippen LogP contribution in [0, 0.1) is 0 Å². The number of hydrogen-bond acceptors (Lipinski definition) is 3. The van der Waals surface area contributed by atoms with Crippen LogP contribution in [0.3, 0.4) is 0 Å². The van der Waals surface area contributed by atoms with E-state index in [2.05, 4.69) is 31.2 Å². The van der Waals surface area contributed by atoms with Gasteiger partial charge in [0.05, 0.1) is 4.47 Å². The summed E-state index contributed by atoms with van der Waals surface area (Å²) in [5, 5.41) is 3.13. The molecule has 0 amide bonds. The van der Waals surface area contributed by atoms with Crippen molar-refractivity contribution in [1.29, 1.82) is 0 Å². The van der Waals surface area contributed by atoms with Crippen LogP contribution >= 0.6 is 50.7 Å². The van der Waals surface area contributed by atoms with Gasteiger partial charge in [-0.3, -0.25) is 0 Å². The number of nitrogens with one attached hydrogen (secondary N) is 1. The van der Waals surface area contributed by atoms with Crippen LogP contribution in [-0.2, 0) is 0 Å². The minimum Gasteiger partial charge on any atom is -0.365 e. The summed E-state index contributed by atoms with van der Waals surface area (Å²) in [6.07, 6.45) is 3.16. The van der Waals surface area contributed by atoms with Gasteiger partial charge in [-0.15, -0.1) is 0 Å². The van der Waals surface area contributed by atoms with Crippen LogP contribution in [0.2, 0.25) is 5.28 Å². The van der Waals surface area contributed by atoms with Crippen molar-refractivity contribution in [3.05, 3.63) is 26.5 Å². The van der Waals surface area contributed by atoms with E-state index in [-0.39, 0.29) is 9.78 Å². The first-order valence-corrected chi connectivity index (χ1v) is 5.45. The van der Waals surface area contributed by atoms with Crippen molar-refractivity contribution in [3.8, 4) is 0 Å². The number of halogens is 4. The summed E-state index contributed by atoms with van der Waals surface area (Å²) in [4.78, 5) is 7.73. The van der Waals surface area contributed by atoms with Crippen LogP contribution in [-0.4, -0.2) is 16.5 Å². The molecule has 3 nitrogen and oxygen atoms in total. The molecule has 0 fully saturated rings. The lowest BCUT2D eigenvalue weighted by molar-refractivity contribution is 1.12. The second-order valence-corrected chi connectivity index (χ2v) is 4.41. The third-order valence-corrected chi connectivity index (χ3v) is 2.31. The largest absolute Gasteiger partial charge is 0.365 e. The average Bonchev–Trinajstić information content (AvgIpc) is 2.10. The zero-order chi connectivity index (χ0) is 10.6. The summed E-state index contributed by atoms with van der Waals surface area (Å²) >= 11 is 19.7. The average molecular weight is 317 g/mol. The molecule has 0 aliphatic rings. The molecule has 1 heterocycles. The van der Waals surface area contributed by atoms with Crippen LogP contribution in [0.15, 0.2) is 21.2 Å². The van der Waals surface area contributed by atoms with Crippen LogP contribution in [0.5, 0.6) is 0 Å². The van der Waals surface area contributed by atoms with E-state index < -0.39 is 0 Å². The van der Waals surface area contributed by atoms with Gasteiger partial charge in [-0.1, -0.05) is 23.2 Å². The Hall–Kier alpha value is -0.0300. The Kier molecular flexibility index (Phi) is 4.95. The Morgan fingerprint density at radius 3 is 2.93 bits per heavy atom. The molecule has 0 bridgehead atoms. The van der Waals surface area contributed by atoms with Gasteiger partial charge in [0.25, 0.3) is 0 Å². The fourth-order valence-electron chi connectivity index (χ4n) is 0.694. The lowest BCUT2D eigenvalue weighted by Crippen LogP contribution is -2.02. The highest BCUT2D eigenvalue weighted by molar-refractivity contribution is 9.10. The zero-order valence-corrected chi connectivity index (χ0v) is 10.6. The first-order chi connectivity index (χ1) is 6.59. The van der Waals surface area contributed by atoms with Gasteiger partial charge in [-0.05, 0) is 33.6 Å². The number of rotatable bonds is 3. The fourth-order valence-corrected chi connectivity index (χ4v) is 1.31. The molecule has 0 aliphatic carbocycles. The van der Waals surface area contributed by atoms with Crippen LogP contribution in [0.25, 0.3) is 0 Å². The molecule has 0 radical (unpaired) electrons. The highest BCUT2D eigenvalue weighted by Gasteiger charge is 2.01. The molecule has 0 unspecified atom stereocenters. The second kappa shape index (κ2) is 5.75. The monoisotopic (exact) mass is 315 g/mol. The first-order valence-electron chi connectivity index (χ1n) is 3.52. The third-order valence-electron chi connectivity index (χ3n) is 1.24. The molecule has 0 atom stereocenters. The minimum atomic E-state index is 0.177. The minimum absolute atomic E-state index is 0.177. The quantitative estimate of drug-likeness (QED) is 0.865. The van der Waals surface area contributed by atoms with E-state index in [4.69, 9.17) is 34.8 Å². The highest BCUT2D eigenvalue weighted by atomic mass is 79.9. The summed E-state index contributed by atoms with van der Waals surface area (Å²) in [7, 11) is 0. The number of anilines is 1. The van der Waals surface area contributed by atoms with Crippen molar-refractivity contribution in [2.24, 2.45) is 0 Å². The van der Waals surface area contributed by atoms with Gasteiger partial charge < -0.3 is 5.32 Å². The van der Waals surface area contributed by atoms with Crippen molar-refractivity contribution in [2.75, 3.05) is 11.9 Å². The van der Waals surface area contributed by atoms with Gasteiger partial charge in [0.2, 0.25) is 5.28 Å². The molecular weight excluding hydrogens is 312 g/mol. The van der Waals surface area contributed by atoms with Crippen molar-refractivity contribution >= 4 is 56.6 Å². The summed E-state index contributed by atoms with van der Waals surface area (Å²) in [5.41, 5.74) is 0. The summed E-state index contributed by atoms with van der Waals surface area (Å²) < 4.78 is 0.926. The van der Waals surface area contributed by atoms with Crippen molar-refractivity contribution in [1.82, 2.24) is 9.97 Å². The van der Waals surface area contributed by atoms with Gasteiger partial charge >= 0.3 is 0 Å². The van der Waals surface area contributed by atoms with Gasteiger partial charge in [-0.2, -0.15) is 4.98 Å². The molecule has 1 rings (SSSR count). The van der Waals surface area contributed by atoms with Crippen molar-refractivity contribution < 1.29 is 0 Å². The van der Waals surface area contributed by atoms with E-state index in [1.54, 1.807) is 12.3 Å². The molecule has 76 valence electrons. The smallest absolute Gasteiger partial charge is 0.224 e. The first kappa shape index (κ1) is 12.0. The van der Waals surface area contributed by atoms with Crippen molar-refractivity contribution in [3.63, 3.8) is 0 Å². The molecule has 0 spiro atoms. The van der Waals surface area contributed by atoms with Crippen LogP contribution < -0.4 is 5.32 Å². The molecule has 0 saturated heterocycles. The Morgan fingerprint density at radius 1 is 1.57 bits per heavy atom. The molecule has 14 heavy (non-hydrogen) atoms. The van der Waals surface area contributed by atoms with Crippen molar-refractivity contribution in [2.45, 2.75) is 0 Å². The SMILES string of the molecule is ClC(Cl)=CCNc1nc(Cl)ncc1Br. The fraction of sp³-hybridized carbons (Fsp3) is 0.143. The Bertz CT molecular complexity index is 352. The lowest BCUT2D eigenvalue weighted by atomic mass is 10.5. The summed E-state index contributed by atoms with van der Waals surface area (Å²) in [5.74, 6) is 0.593. The molecule has 7 heteroatoms. The topological polar surface area (TPSA) is 37.8 Å².